The minimum absolute atomic E-state index is 0.000311. The van der Waals surface area contributed by atoms with Gasteiger partial charge >= 0.3 is 5.69 Å². The van der Waals surface area contributed by atoms with Crippen molar-refractivity contribution in [1.29, 1.82) is 0 Å². The summed E-state index contributed by atoms with van der Waals surface area (Å²) in [6.45, 7) is 0.944. The molecule has 1 saturated heterocycles. The van der Waals surface area contributed by atoms with Gasteiger partial charge in [-0.3, -0.25) is 14.6 Å². The van der Waals surface area contributed by atoms with Crippen LogP contribution in [0.1, 0.15) is 12.8 Å². The minimum Gasteiger partial charge on any atom is -0.340 e. The summed E-state index contributed by atoms with van der Waals surface area (Å²) in [5.74, 6) is -0.328. The van der Waals surface area contributed by atoms with Crippen molar-refractivity contribution in [3.05, 3.63) is 38.5 Å². The maximum absolute atomic E-state index is 12.7. The van der Waals surface area contributed by atoms with Crippen LogP contribution in [0.3, 0.4) is 0 Å². The van der Waals surface area contributed by atoms with Crippen molar-refractivity contribution in [2.75, 3.05) is 31.5 Å². The lowest BCUT2D eigenvalue weighted by Gasteiger charge is -2.33. The van der Waals surface area contributed by atoms with Crippen LogP contribution in [0.4, 0.5) is 5.82 Å². The van der Waals surface area contributed by atoms with Gasteiger partial charge in [0, 0.05) is 39.0 Å². The largest absolute Gasteiger partial charge is 0.340 e. The number of fused-ring (bicyclic) bond motifs is 1. The van der Waals surface area contributed by atoms with Gasteiger partial charge in [0.15, 0.2) is 5.65 Å². The lowest BCUT2D eigenvalue weighted by atomic mass is 10.2. The van der Waals surface area contributed by atoms with Crippen LogP contribution in [-0.4, -0.2) is 70.6 Å². The summed E-state index contributed by atoms with van der Waals surface area (Å²) in [6, 6.07) is 6.41. The molecule has 1 aliphatic rings. The number of rotatable bonds is 6. The van der Waals surface area contributed by atoms with Gasteiger partial charge in [-0.25, -0.2) is 18.2 Å². The van der Waals surface area contributed by atoms with E-state index in [2.05, 4.69) is 36.2 Å². The van der Waals surface area contributed by atoms with Crippen LogP contribution in [0.5, 0.6) is 0 Å². The van der Waals surface area contributed by atoms with Crippen molar-refractivity contribution in [1.82, 2.24) is 24.2 Å². The molecule has 3 aromatic heterocycles. The van der Waals surface area contributed by atoms with Crippen LogP contribution in [0.2, 0.25) is 0 Å². The number of pyridine rings is 1. The Labute approximate surface area is 195 Å². The first kappa shape index (κ1) is 22.6. The third-order valence-corrected chi connectivity index (χ3v) is 8.93. The number of carbonyl (C=O) groups is 2. The molecule has 0 bridgehead atoms. The lowest BCUT2D eigenvalue weighted by molar-refractivity contribution is -0.133. The fraction of sp³-hybridized carbons (Fsp3) is 0.333. The molecule has 14 heteroatoms. The summed E-state index contributed by atoms with van der Waals surface area (Å²) in [7, 11) is -3.58. The van der Waals surface area contributed by atoms with Gasteiger partial charge in [0.2, 0.25) is 11.8 Å². The Bertz CT molecular complexity index is 1320. The second kappa shape index (κ2) is 9.13. The van der Waals surface area contributed by atoms with E-state index in [4.69, 9.17) is 0 Å². The molecule has 0 aromatic carbocycles. The maximum atomic E-state index is 12.7. The second-order valence-corrected chi connectivity index (χ2v) is 11.7. The molecule has 170 valence electrons. The number of aromatic amines is 2. The Morgan fingerprint density at radius 3 is 2.53 bits per heavy atom. The normalized spacial score (nSPS) is 15.2. The van der Waals surface area contributed by atoms with Crippen LogP contribution >= 0.6 is 27.3 Å². The quantitative estimate of drug-likeness (QED) is 0.427. The number of aromatic nitrogens is 3. The number of amides is 2. The van der Waals surface area contributed by atoms with E-state index >= 15 is 0 Å². The average molecular weight is 543 g/mol. The van der Waals surface area contributed by atoms with E-state index in [0.29, 0.717) is 11.2 Å². The number of nitrogens with one attached hydrogen (secondary N) is 3. The Balaban J connectivity index is 1.26. The topological polar surface area (TPSA) is 148 Å². The summed E-state index contributed by atoms with van der Waals surface area (Å²) < 4.78 is 27.7. The molecule has 1 aliphatic heterocycles. The summed E-state index contributed by atoms with van der Waals surface area (Å²) in [4.78, 5) is 46.7. The molecule has 3 aromatic rings. The van der Waals surface area contributed by atoms with E-state index in [1.807, 2.05) is 0 Å². The SMILES string of the molecule is O=C(CCC(=O)N1CCN(S(=O)(=O)c2ccc(Br)s2)CC1)Nc1ccc2[nH]c(=O)[nH]c2n1. The molecule has 1 fully saturated rings. The van der Waals surface area contributed by atoms with Gasteiger partial charge in [0.05, 0.1) is 9.30 Å². The summed E-state index contributed by atoms with van der Waals surface area (Å²) in [5, 5.41) is 2.60. The Kier molecular flexibility index (Phi) is 6.46. The number of H-pyrrole nitrogens is 2. The van der Waals surface area contributed by atoms with Gasteiger partial charge in [-0.15, -0.1) is 11.3 Å². The molecule has 32 heavy (non-hydrogen) atoms. The zero-order valence-corrected chi connectivity index (χ0v) is 19.8. The van der Waals surface area contributed by atoms with Crippen molar-refractivity contribution in [2.45, 2.75) is 17.1 Å². The van der Waals surface area contributed by atoms with Crippen LogP contribution in [0.15, 0.2) is 37.1 Å². The van der Waals surface area contributed by atoms with Gasteiger partial charge in [0.25, 0.3) is 10.0 Å². The van der Waals surface area contributed by atoms with Gasteiger partial charge in [0.1, 0.15) is 10.0 Å². The van der Waals surface area contributed by atoms with E-state index in [-0.39, 0.29) is 60.9 Å². The monoisotopic (exact) mass is 542 g/mol. The number of piperazine rings is 1. The molecule has 0 atom stereocenters. The van der Waals surface area contributed by atoms with Crippen LogP contribution in [-0.2, 0) is 19.6 Å². The Morgan fingerprint density at radius 2 is 1.84 bits per heavy atom. The Hall–Kier alpha value is -2.55. The number of halogens is 1. The zero-order valence-electron chi connectivity index (χ0n) is 16.6. The molecule has 0 unspecified atom stereocenters. The van der Waals surface area contributed by atoms with Crippen molar-refractivity contribution in [2.24, 2.45) is 0 Å². The van der Waals surface area contributed by atoms with Gasteiger partial charge in [-0.2, -0.15) is 4.31 Å². The molecule has 3 N–H and O–H groups in total. The fourth-order valence-corrected chi connectivity index (χ4v) is 6.90. The third kappa shape index (κ3) is 4.92. The summed E-state index contributed by atoms with van der Waals surface area (Å²) in [5.41, 5.74) is 0.459. The highest BCUT2D eigenvalue weighted by Crippen LogP contribution is 2.29. The number of thiophene rings is 1. The van der Waals surface area contributed by atoms with E-state index < -0.39 is 15.7 Å². The van der Waals surface area contributed by atoms with Gasteiger partial charge in [-0.05, 0) is 40.2 Å². The molecule has 4 rings (SSSR count). The molecule has 2 amide bonds. The first-order valence-corrected chi connectivity index (χ1v) is 12.7. The van der Waals surface area contributed by atoms with Crippen molar-refractivity contribution >= 4 is 66.1 Å². The lowest BCUT2D eigenvalue weighted by Crippen LogP contribution is -2.50. The summed E-state index contributed by atoms with van der Waals surface area (Å²) >= 11 is 4.42. The first-order chi connectivity index (χ1) is 15.2. The number of anilines is 1. The Morgan fingerprint density at radius 1 is 1.09 bits per heavy atom. The third-order valence-electron chi connectivity index (χ3n) is 4.94. The second-order valence-electron chi connectivity index (χ2n) is 7.06. The zero-order chi connectivity index (χ0) is 22.9. The fourth-order valence-electron chi connectivity index (χ4n) is 3.31. The van der Waals surface area contributed by atoms with E-state index in [9.17, 15) is 22.8 Å². The van der Waals surface area contributed by atoms with E-state index in [0.717, 1.165) is 15.1 Å². The van der Waals surface area contributed by atoms with Crippen LogP contribution in [0, 0.1) is 0 Å². The predicted octanol–water partition coefficient (Wildman–Crippen LogP) is 1.33. The highest BCUT2D eigenvalue weighted by Gasteiger charge is 2.31. The number of carbonyl (C=O) groups excluding carboxylic acids is 2. The number of sulfonamides is 1. The standard InChI is InChI=1S/C18H19BrN6O5S2/c19-12-2-6-16(31-12)32(29,30)25-9-7-24(8-10-25)15(27)5-4-14(26)21-13-3-1-11-17(22-13)23-18(28)20-11/h1-3,6H,4-5,7-10H2,(H3,20,21,22,23,26,28). The van der Waals surface area contributed by atoms with Gasteiger partial charge in [-0.1, -0.05) is 0 Å². The van der Waals surface area contributed by atoms with E-state index in [1.54, 1.807) is 29.2 Å². The maximum Gasteiger partial charge on any atom is 0.325 e. The molecule has 11 nitrogen and oxygen atoms in total. The number of hydrogen-bond donors (Lipinski definition) is 3. The van der Waals surface area contributed by atoms with Crippen molar-refractivity contribution in [3.63, 3.8) is 0 Å². The first-order valence-electron chi connectivity index (χ1n) is 9.64. The molecular weight excluding hydrogens is 524 g/mol. The number of hydrogen-bond acceptors (Lipinski definition) is 7. The molecule has 0 saturated carbocycles. The molecule has 0 radical (unpaired) electrons. The summed E-state index contributed by atoms with van der Waals surface area (Å²) in [6.07, 6.45) is -0.0381. The molecule has 0 spiro atoms. The van der Waals surface area contributed by atoms with Gasteiger partial charge < -0.3 is 15.2 Å². The molecule has 0 aliphatic carbocycles. The van der Waals surface area contributed by atoms with Crippen molar-refractivity contribution in [3.8, 4) is 0 Å². The van der Waals surface area contributed by atoms with Crippen LogP contribution < -0.4 is 11.0 Å². The highest BCUT2D eigenvalue weighted by atomic mass is 79.9. The number of nitrogens with zero attached hydrogens (tertiary/aromatic N) is 3. The average Bonchev–Trinajstić information content (AvgIpc) is 3.36. The van der Waals surface area contributed by atoms with Crippen LogP contribution in [0.25, 0.3) is 11.2 Å². The van der Waals surface area contributed by atoms with Crippen molar-refractivity contribution < 1.29 is 18.0 Å². The number of imidazole rings is 1. The molecule has 4 heterocycles. The predicted molar refractivity (Wildman–Crippen MR) is 122 cm³/mol. The molecular formula is C18H19BrN6O5S2. The minimum atomic E-state index is -3.58. The van der Waals surface area contributed by atoms with E-state index in [1.165, 1.54) is 4.31 Å². The smallest absolute Gasteiger partial charge is 0.325 e. The highest BCUT2D eigenvalue weighted by molar-refractivity contribution is 9.11.